The van der Waals surface area contributed by atoms with E-state index in [4.69, 9.17) is 4.42 Å². The summed E-state index contributed by atoms with van der Waals surface area (Å²) in [5.74, 6) is 1.50. The van der Waals surface area contributed by atoms with E-state index in [0.717, 1.165) is 10.4 Å². The number of halogens is 1. The van der Waals surface area contributed by atoms with E-state index in [1.165, 1.54) is 6.39 Å². The summed E-state index contributed by atoms with van der Waals surface area (Å²) in [4.78, 5) is 3.87. The third-order valence-electron chi connectivity index (χ3n) is 1.62. The smallest absolute Gasteiger partial charge is 0.213 e. The minimum Gasteiger partial charge on any atom is -0.453 e. The van der Waals surface area contributed by atoms with E-state index in [-0.39, 0.29) is 0 Å². The van der Waals surface area contributed by atoms with Crippen LogP contribution in [0.5, 0.6) is 0 Å². The summed E-state index contributed by atoms with van der Waals surface area (Å²) >= 11 is 3.23. The quantitative estimate of drug-likeness (QED) is 0.904. The monoisotopic (exact) mass is 257 g/mol. The molecule has 74 valence electrons. The third-order valence-corrected chi connectivity index (χ3v) is 2.04. The highest BCUT2D eigenvalue weighted by Gasteiger charge is 2.00. The molecule has 0 radical (unpaired) electrons. The lowest BCUT2D eigenvalue weighted by molar-refractivity contribution is 0.405. The van der Waals surface area contributed by atoms with E-state index in [1.807, 2.05) is 12.1 Å². The molecule has 0 amide bonds. The van der Waals surface area contributed by atoms with Gasteiger partial charge in [0, 0.05) is 0 Å². The number of furan rings is 1. The molecule has 0 spiro atoms. The summed E-state index contributed by atoms with van der Waals surface area (Å²) in [6, 6.07) is 3.75. The lowest BCUT2D eigenvalue weighted by Crippen LogP contribution is -2.13. The van der Waals surface area contributed by atoms with Gasteiger partial charge in [-0.15, -0.1) is 0 Å². The van der Waals surface area contributed by atoms with Crippen LogP contribution in [0.15, 0.2) is 32.1 Å². The molecule has 0 atom stereocenters. The van der Waals surface area contributed by atoms with Crippen LogP contribution in [0, 0.1) is 0 Å². The van der Waals surface area contributed by atoms with Crippen LogP contribution >= 0.6 is 15.9 Å². The summed E-state index contributed by atoms with van der Waals surface area (Å²) < 4.78 is 10.6. The molecule has 0 aliphatic carbocycles. The van der Waals surface area contributed by atoms with Gasteiger partial charge in [0.05, 0.1) is 13.1 Å². The zero-order chi connectivity index (χ0) is 9.80. The Kier molecular flexibility index (Phi) is 2.95. The highest BCUT2D eigenvalue weighted by atomic mass is 79.9. The Morgan fingerprint density at radius 2 is 2.29 bits per heavy atom. The van der Waals surface area contributed by atoms with Crippen LogP contribution in [-0.2, 0) is 13.1 Å². The van der Waals surface area contributed by atoms with E-state index in [1.54, 1.807) is 0 Å². The highest BCUT2D eigenvalue weighted by molar-refractivity contribution is 9.10. The van der Waals surface area contributed by atoms with Crippen molar-refractivity contribution in [1.29, 1.82) is 0 Å². The first kappa shape index (κ1) is 9.42. The lowest BCUT2D eigenvalue weighted by atomic mass is 10.4. The second kappa shape index (κ2) is 4.39. The molecule has 0 bridgehead atoms. The minimum atomic E-state index is 0.564. The molecule has 2 aromatic heterocycles. The van der Waals surface area contributed by atoms with Crippen LogP contribution in [0.3, 0.4) is 0 Å². The molecule has 0 saturated heterocycles. The standard InChI is InChI=1S/C8H8BrN3O2/c9-7-2-1-6(14-7)3-10-4-8-11-5-13-12-8/h1-2,5,10H,3-4H2. The Hall–Kier alpha value is -1.14. The van der Waals surface area contributed by atoms with Crippen LogP contribution in [0.4, 0.5) is 0 Å². The van der Waals surface area contributed by atoms with Gasteiger partial charge in [0.15, 0.2) is 10.5 Å². The average molecular weight is 258 g/mol. The first-order valence-electron chi connectivity index (χ1n) is 4.05. The fraction of sp³-hybridized carbons (Fsp3) is 0.250. The van der Waals surface area contributed by atoms with Crippen molar-refractivity contribution in [3.8, 4) is 0 Å². The summed E-state index contributed by atoms with van der Waals surface area (Å²) in [7, 11) is 0. The fourth-order valence-electron chi connectivity index (χ4n) is 1.01. The van der Waals surface area contributed by atoms with Gasteiger partial charge in [-0.2, -0.15) is 4.98 Å². The van der Waals surface area contributed by atoms with Gasteiger partial charge in [0.1, 0.15) is 5.76 Å². The molecular formula is C8H8BrN3O2. The Balaban J connectivity index is 1.78. The summed E-state index contributed by atoms with van der Waals surface area (Å²) in [6.07, 6.45) is 1.31. The zero-order valence-corrected chi connectivity index (χ0v) is 8.82. The van der Waals surface area contributed by atoms with Gasteiger partial charge < -0.3 is 14.3 Å². The third kappa shape index (κ3) is 2.43. The molecule has 5 nitrogen and oxygen atoms in total. The van der Waals surface area contributed by atoms with Crippen LogP contribution in [-0.4, -0.2) is 10.1 Å². The molecular weight excluding hydrogens is 250 g/mol. The van der Waals surface area contributed by atoms with E-state index >= 15 is 0 Å². The normalized spacial score (nSPS) is 10.6. The van der Waals surface area contributed by atoms with Crippen LogP contribution in [0.2, 0.25) is 0 Å². The van der Waals surface area contributed by atoms with Gasteiger partial charge in [-0.25, -0.2) is 0 Å². The molecule has 0 unspecified atom stereocenters. The SMILES string of the molecule is Brc1ccc(CNCc2ncon2)o1. The van der Waals surface area contributed by atoms with Crippen molar-refractivity contribution in [1.82, 2.24) is 15.5 Å². The van der Waals surface area contributed by atoms with Crippen LogP contribution in [0.25, 0.3) is 0 Å². The van der Waals surface area contributed by atoms with Gasteiger partial charge in [-0.1, -0.05) is 5.16 Å². The maximum absolute atomic E-state index is 5.29. The van der Waals surface area contributed by atoms with Crippen LogP contribution < -0.4 is 5.32 Å². The number of hydrogen-bond donors (Lipinski definition) is 1. The number of nitrogens with zero attached hydrogens (tertiary/aromatic N) is 2. The van der Waals surface area contributed by atoms with E-state index in [0.29, 0.717) is 18.9 Å². The van der Waals surface area contributed by atoms with Gasteiger partial charge >= 0.3 is 0 Å². The summed E-state index contributed by atoms with van der Waals surface area (Å²) in [5.41, 5.74) is 0. The maximum atomic E-state index is 5.29. The number of nitrogens with one attached hydrogen (secondary N) is 1. The van der Waals surface area contributed by atoms with Crippen LogP contribution in [0.1, 0.15) is 11.6 Å². The number of aromatic nitrogens is 2. The molecule has 2 rings (SSSR count). The first-order valence-corrected chi connectivity index (χ1v) is 4.84. The van der Waals surface area contributed by atoms with Gasteiger partial charge in [-0.05, 0) is 28.1 Å². The maximum Gasteiger partial charge on any atom is 0.213 e. The second-order valence-corrected chi connectivity index (χ2v) is 3.44. The minimum absolute atomic E-state index is 0.564. The molecule has 0 saturated carbocycles. The van der Waals surface area contributed by atoms with Gasteiger partial charge in [-0.3, -0.25) is 0 Å². The molecule has 0 aliphatic rings. The summed E-state index contributed by atoms with van der Waals surface area (Å²) in [6.45, 7) is 1.20. The van der Waals surface area contributed by atoms with Crippen molar-refractivity contribution in [2.24, 2.45) is 0 Å². The predicted octanol–water partition coefficient (Wildman–Crippen LogP) is 1.71. The molecule has 0 fully saturated rings. The van der Waals surface area contributed by atoms with Crippen molar-refractivity contribution in [3.63, 3.8) is 0 Å². The van der Waals surface area contributed by atoms with Gasteiger partial charge in [0.2, 0.25) is 6.39 Å². The average Bonchev–Trinajstić information content (AvgIpc) is 2.77. The predicted molar refractivity (Wildman–Crippen MR) is 51.2 cm³/mol. The van der Waals surface area contributed by atoms with E-state index in [2.05, 4.69) is 35.9 Å². The molecule has 6 heteroatoms. The fourth-order valence-corrected chi connectivity index (χ4v) is 1.35. The Bertz CT molecular complexity index is 385. The first-order chi connectivity index (χ1) is 6.84. The van der Waals surface area contributed by atoms with E-state index < -0.39 is 0 Å². The second-order valence-electron chi connectivity index (χ2n) is 2.66. The summed E-state index contributed by atoms with van der Waals surface area (Å²) in [5, 5.41) is 6.78. The Morgan fingerprint density at radius 1 is 1.36 bits per heavy atom. The molecule has 2 aromatic rings. The highest BCUT2D eigenvalue weighted by Crippen LogP contribution is 2.13. The Morgan fingerprint density at radius 3 is 2.93 bits per heavy atom. The number of rotatable bonds is 4. The molecule has 2 heterocycles. The Labute approximate surface area is 88.6 Å². The van der Waals surface area contributed by atoms with Crippen molar-refractivity contribution in [3.05, 3.63) is 34.8 Å². The van der Waals surface area contributed by atoms with Gasteiger partial charge in [0.25, 0.3) is 0 Å². The largest absolute Gasteiger partial charge is 0.453 e. The topological polar surface area (TPSA) is 64.1 Å². The molecule has 0 aromatic carbocycles. The van der Waals surface area contributed by atoms with Crippen molar-refractivity contribution in [2.45, 2.75) is 13.1 Å². The molecule has 1 N–H and O–H groups in total. The van der Waals surface area contributed by atoms with E-state index in [9.17, 15) is 0 Å². The lowest BCUT2D eigenvalue weighted by Gasteiger charge is -1.97. The van der Waals surface area contributed by atoms with Crippen molar-refractivity contribution < 1.29 is 8.94 Å². The number of hydrogen-bond acceptors (Lipinski definition) is 5. The molecule has 0 aliphatic heterocycles. The molecule has 14 heavy (non-hydrogen) atoms. The zero-order valence-electron chi connectivity index (χ0n) is 7.24. The van der Waals surface area contributed by atoms with Crippen molar-refractivity contribution >= 4 is 15.9 Å². The van der Waals surface area contributed by atoms with Crippen molar-refractivity contribution in [2.75, 3.05) is 0 Å².